The molecular weight excluding hydrogens is 142 g/mol. The van der Waals surface area contributed by atoms with E-state index in [0.29, 0.717) is 6.54 Å². The smallest absolute Gasteiger partial charge is 0.235 e. The Labute approximate surface area is 64.7 Å². The number of carbonyl (C=O) groups excluding carboxylic acids is 1. The zero-order chi connectivity index (χ0) is 8.27. The molecular formula is C8H9NO2. The van der Waals surface area contributed by atoms with Crippen LogP contribution in [0.25, 0.3) is 0 Å². The van der Waals surface area contributed by atoms with Crippen molar-refractivity contribution in [3.63, 3.8) is 0 Å². The summed E-state index contributed by atoms with van der Waals surface area (Å²) in [4.78, 5) is 13.2. The lowest BCUT2D eigenvalue weighted by atomic mass is 10.2. The Morgan fingerprint density at radius 3 is 2.82 bits per heavy atom. The lowest BCUT2D eigenvalue weighted by Gasteiger charge is -1.86. The van der Waals surface area contributed by atoms with Crippen LogP contribution in [0.1, 0.15) is 17.1 Å². The van der Waals surface area contributed by atoms with Gasteiger partial charge in [-0.1, -0.05) is 0 Å². The molecule has 0 atom stereocenters. The average molecular weight is 151 g/mol. The summed E-state index contributed by atoms with van der Waals surface area (Å²) < 4.78 is 5.22. The zero-order valence-corrected chi connectivity index (χ0v) is 6.55. The molecule has 11 heavy (non-hydrogen) atoms. The van der Waals surface area contributed by atoms with E-state index in [2.05, 4.69) is 4.99 Å². The van der Waals surface area contributed by atoms with Crippen molar-refractivity contribution in [2.24, 2.45) is 4.99 Å². The minimum Gasteiger partial charge on any atom is -0.466 e. The molecule has 0 radical (unpaired) electrons. The summed E-state index contributed by atoms with van der Waals surface area (Å²) in [6.07, 6.45) is 1.49. The van der Waals surface area contributed by atoms with Gasteiger partial charge < -0.3 is 4.42 Å². The van der Waals surface area contributed by atoms with Crippen molar-refractivity contribution in [2.75, 3.05) is 0 Å². The first-order chi connectivity index (χ1) is 5.24. The van der Waals surface area contributed by atoms with Gasteiger partial charge in [0.2, 0.25) is 6.08 Å². The van der Waals surface area contributed by atoms with Crippen molar-refractivity contribution in [3.8, 4) is 0 Å². The number of aryl methyl sites for hydroxylation is 2. The number of hydrogen-bond donors (Lipinski definition) is 0. The van der Waals surface area contributed by atoms with Crippen LogP contribution in [0.2, 0.25) is 0 Å². The van der Waals surface area contributed by atoms with Gasteiger partial charge in [-0.25, -0.2) is 9.79 Å². The molecule has 58 valence electrons. The van der Waals surface area contributed by atoms with Gasteiger partial charge in [-0.3, -0.25) is 0 Å². The first-order valence-corrected chi connectivity index (χ1v) is 3.33. The van der Waals surface area contributed by atoms with Gasteiger partial charge >= 0.3 is 0 Å². The van der Waals surface area contributed by atoms with Crippen molar-refractivity contribution in [2.45, 2.75) is 20.4 Å². The van der Waals surface area contributed by atoms with Gasteiger partial charge in [0, 0.05) is 5.56 Å². The van der Waals surface area contributed by atoms with Gasteiger partial charge in [-0.2, -0.15) is 0 Å². The molecule has 0 saturated carbocycles. The highest BCUT2D eigenvalue weighted by Crippen LogP contribution is 2.13. The summed E-state index contributed by atoms with van der Waals surface area (Å²) in [7, 11) is 0. The van der Waals surface area contributed by atoms with E-state index >= 15 is 0 Å². The molecule has 0 amide bonds. The largest absolute Gasteiger partial charge is 0.466 e. The summed E-state index contributed by atoms with van der Waals surface area (Å²) in [6, 6.07) is 1.87. The Balaban J connectivity index is 2.85. The van der Waals surface area contributed by atoms with Crippen molar-refractivity contribution in [1.82, 2.24) is 0 Å². The maximum atomic E-state index is 9.77. The van der Waals surface area contributed by atoms with Crippen molar-refractivity contribution >= 4 is 6.08 Å². The second-order valence-corrected chi connectivity index (χ2v) is 2.35. The van der Waals surface area contributed by atoms with E-state index in [9.17, 15) is 4.79 Å². The number of furan rings is 1. The zero-order valence-electron chi connectivity index (χ0n) is 6.55. The molecule has 0 fully saturated rings. The lowest BCUT2D eigenvalue weighted by molar-refractivity contribution is 0.501. The van der Waals surface area contributed by atoms with Crippen LogP contribution in [0.4, 0.5) is 0 Å². The highest BCUT2D eigenvalue weighted by atomic mass is 16.3. The Morgan fingerprint density at radius 2 is 2.36 bits per heavy atom. The molecule has 0 aliphatic heterocycles. The summed E-state index contributed by atoms with van der Waals surface area (Å²) in [6.45, 7) is 4.08. The van der Waals surface area contributed by atoms with Crippen LogP contribution in [0.3, 0.4) is 0 Å². The predicted octanol–water partition coefficient (Wildman–Crippen LogP) is 1.73. The molecule has 0 aromatic carbocycles. The predicted molar refractivity (Wildman–Crippen MR) is 40.0 cm³/mol. The Bertz CT molecular complexity index is 295. The highest BCUT2D eigenvalue weighted by Gasteiger charge is 2.01. The fraction of sp³-hybridized carbons (Fsp3) is 0.375. The molecule has 0 unspecified atom stereocenters. The number of nitrogens with zero attached hydrogens (tertiary/aromatic N) is 1. The Kier molecular flexibility index (Phi) is 2.24. The molecule has 3 heteroatoms. The average Bonchev–Trinajstić information content (AvgIpc) is 2.26. The van der Waals surface area contributed by atoms with Gasteiger partial charge in [-0.15, -0.1) is 0 Å². The standard InChI is InChI=1S/C8H9NO2/c1-6-3-8(4-9-5-10)7(2)11-6/h3H,4H2,1-2H3. The molecule has 1 rings (SSSR count). The SMILES string of the molecule is Cc1cc(CN=C=O)c(C)o1. The third kappa shape index (κ3) is 1.79. The molecule has 0 aliphatic rings. The Hall–Kier alpha value is -1.34. The second kappa shape index (κ2) is 3.17. The van der Waals surface area contributed by atoms with Gasteiger partial charge in [0.15, 0.2) is 0 Å². The molecule has 0 saturated heterocycles. The molecule has 0 aliphatic carbocycles. The van der Waals surface area contributed by atoms with E-state index in [4.69, 9.17) is 4.42 Å². The van der Waals surface area contributed by atoms with E-state index in [1.54, 1.807) is 0 Å². The van der Waals surface area contributed by atoms with Crippen LogP contribution >= 0.6 is 0 Å². The third-order valence-corrected chi connectivity index (χ3v) is 1.46. The van der Waals surface area contributed by atoms with Gasteiger partial charge in [0.25, 0.3) is 0 Å². The summed E-state index contributed by atoms with van der Waals surface area (Å²) in [5, 5.41) is 0. The summed E-state index contributed by atoms with van der Waals surface area (Å²) in [5.74, 6) is 1.67. The fourth-order valence-corrected chi connectivity index (χ4v) is 0.958. The van der Waals surface area contributed by atoms with E-state index in [0.717, 1.165) is 17.1 Å². The van der Waals surface area contributed by atoms with E-state index in [1.165, 1.54) is 6.08 Å². The second-order valence-electron chi connectivity index (χ2n) is 2.35. The molecule has 1 aromatic heterocycles. The van der Waals surface area contributed by atoms with Gasteiger partial charge in [-0.05, 0) is 19.9 Å². The minimum absolute atomic E-state index is 0.368. The van der Waals surface area contributed by atoms with E-state index < -0.39 is 0 Å². The molecule has 0 spiro atoms. The maximum absolute atomic E-state index is 9.77. The van der Waals surface area contributed by atoms with Crippen LogP contribution in [-0.4, -0.2) is 6.08 Å². The topological polar surface area (TPSA) is 42.6 Å². The number of aliphatic imine (C=N–C) groups is 1. The molecule has 0 bridgehead atoms. The Morgan fingerprint density at radius 1 is 1.64 bits per heavy atom. The fourth-order valence-electron chi connectivity index (χ4n) is 0.958. The first kappa shape index (κ1) is 7.76. The number of isocyanates is 1. The summed E-state index contributed by atoms with van der Waals surface area (Å²) >= 11 is 0. The molecule has 1 heterocycles. The lowest BCUT2D eigenvalue weighted by Crippen LogP contribution is -1.78. The van der Waals surface area contributed by atoms with E-state index in [-0.39, 0.29) is 0 Å². The van der Waals surface area contributed by atoms with E-state index in [1.807, 2.05) is 19.9 Å². The monoisotopic (exact) mass is 151 g/mol. The highest BCUT2D eigenvalue weighted by molar-refractivity contribution is 5.34. The van der Waals surface area contributed by atoms with Crippen molar-refractivity contribution in [1.29, 1.82) is 0 Å². The van der Waals surface area contributed by atoms with Crippen molar-refractivity contribution < 1.29 is 9.21 Å². The minimum atomic E-state index is 0.368. The maximum Gasteiger partial charge on any atom is 0.235 e. The third-order valence-electron chi connectivity index (χ3n) is 1.46. The van der Waals surface area contributed by atoms with Crippen molar-refractivity contribution in [3.05, 3.63) is 23.2 Å². The van der Waals surface area contributed by atoms with Crippen LogP contribution in [0.5, 0.6) is 0 Å². The van der Waals surface area contributed by atoms with Gasteiger partial charge in [0.05, 0.1) is 6.54 Å². The molecule has 0 N–H and O–H groups in total. The van der Waals surface area contributed by atoms with Crippen LogP contribution in [0.15, 0.2) is 15.5 Å². The quantitative estimate of drug-likeness (QED) is 0.477. The summed E-state index contributed by atoms with van der Waals surface area (Å²) in [5.41, 5.74) is 0.950. The van der Waals surface area contributed by atoms with Crippen LogP contribution in [-0.2, 0) is 11.3 Å². The van der Waals surface area contributed by atoms with Gasteiger partial charge in [0.1, 0.15) is 11.5 Å². The normalized spacial score (nSPS) is 9.27. The number of rotatable bonds is 2. The molecule has 1 aromatic rings. The molecule has 3 nitrogen and oxygen atoms in total. The van der Waals surface area contributed by atoms with Crippen LogP contribution < -0.4 is 0 Å². The van der Waals surface area contributed by atoms with Crippen LogP contribution in [0, 0.1) is 13.8 Å². The first-order valence-electron chi connectivity index (χ1n) is 3.33. The number of hydrogen-bond acceptors (Lipinski definition) is 3.